The van der Waals surface area contributed by atoms with Crippen LogP contribution in [0.5, 0.6) is 0 Å². The fourth-order valence-corrected chi connectivity index (χ4v) is 4.11. The van der Waals surface area contributed by atoms with Crippen molar-refractivity contribution in [3.63, 3.8) is 0 Å². The highest BCUT2D eigenvalue weighted by Gasteiger charge is 2.31. The number of nitro groups is 1. The second-order valence-corrected chi connectivity index (χ2v) is 6.84. The van der Waals surface area contributed by atoms with Crippen molar-refractivity contribution in [1.29, 1.82) is 0 Å². The number of hydrogen-bond acceptors (Lipinski definition) is 5. The maximum atomic E-state index is 12.2. The Kier molecular flexibility index (Phi) is 4.18. The molecule has 26 heavy (non-hydrogen) atoms. The van der Waals surface area contributed by atoms with E-state index in [1.54, 1.807) is 29.1 Å². The zero-order valence-electron chi connectivity index (χ0n) is 13.5. The van der Waals surface area contributed by atoms with Gasteiger partial charge in [-0.15, -0.1) is 11.8 Å². The molecule has 0 fully saturated rings. The number of nitrogens with zero attached hydrogens (tertiary/aromatic N) is 3. The van der Waals surface area contributed by atoms with Crippen LogP contribution in [-0.4, -0.2) is 26.4 Å². The SMILES string of the molecule is O=C1CS[C@@H](c2ccccc2[N+](=O)[O-])c2cnn(-c3ccccc3)c2N1. The summed E-state index contributed by atoms with van der Waals surface area (Å²) < 4.78 is 1.65. The predicted molar refractivity (Wildman–Crippen MR) is 99.6 cm³/mol. The number of carbonyl (C=O) groups excluding carboxylic acids is 1. The monoisotopic (exact) mass is 366 g/mol. The molecule has 0 bridgehead atoms. The van der Waals surface area contributed by atoms with Crippen LogP contribution in [0.2, 0.25) is 0 Å². The Morgan fingerprint density at radius 3 is 2.62 bits per heavy atom. The lowest BCUT2D eigenvalue weighted by atomic mass is 10.0. The van der Waals surface area contributed by atoms with Gasteiger partial charge in [0.15, 0.2) is 0 Å². The zero-order chi connectivity index (χ0) is 18.1. The Hall–Kier alpha value is -3.13. The van der Waals surface area contributed by atoms with Crippen molar-refractivity contribution in [3.05, 3.63) is 82.0 Å². The lowest BCUT2D eigenvalue weighted by molar-refractivity contribution is -0.385. The highest BCUT2D eigenvalue weighted by Crippen LogP contribution is 2.44. The number of rotatable bonds is 3. The van der Waals surface area contributed by atoms with Gasteiger partial charge in [-0.05, 0) is 12.1 Å². The Balaban J connectivity index is 1.87. The van der Waals surface area contributed by atoms with Crippen LogP contribution >= 0.6 is 11.8 Å². The molecule has 7 nitrogen and oxygen atoms in total. The standard InChI is InChI=1S/C18H14N4O3S/c23-16-11-26-17(13-8-4-5-9-15(13)22(24)25)14-10-19-21(18(14)20-16)12-6-2-1-3-7-12/h1-10,17H,11H2,(H,20,23)/t17-/m0/s1. The summed E-state index contributed by atoms with van der Waals surface area (Å²) in [6.45, 7) is 0. The summed E-state index contributed by atoms with van der Waals surface area (Å²) in [6, 6.07) is 16.1. The molecule has 1 aliphatic heterocycles. The third-order valence-electron chi connectivity index (χ3n) is 4.14. The fraction of sp³-hybridized carbons (Fsp3) is 0.111. The molecular weight excluding hydrogens is 352 g/mol. The van der Waals surface area contributed by atoms with Gasteiger partial charge in [0.2, 0.25) is 5.91 Å². The van der Waals surface area contributed by atoms with Crippen molar-refractivity contribution in [2.45, 2.75) is 5.25 Å². The van der Waals surface area contributed by atoms with Crippen LogP contribution in [0.25, 0.3) is 5.69 Å². The number of fused-ring (bicyclic) bond motifs is 1. The quantitative estimate of drug-likeness (QED) is 0.565. The first-order valence-electron chi connectivity index (χ1n) is 7.93. The van der Waals surface area contributed by atoms with Gasteiger partial charge in [0.1, 0.15) is 5.82 Å². The van der Waals surface area contributed by atoms with Crippen LogP contribution in [0.3, 0.4) is 0 Å². The molecule has 0 radical (unpaired) electrons. The van der Waals surface area contributed by atoms with Crippen molar-refractivity contribution < 1.29 is 9.72 Å². The molecule has 0 saturated carbocycles. The Labute approximate surface area is 153 Å². The summed E-state index contributed by atoms with van der Waals surface area (Å²) >= 11 is 1.36. The van der Waals surface area contributed by atoms with E-state index in [9.17, 15) is 14.9 Å². The third kappa shape index (κ3) is 2.84. The van der Waals surface area contributed by atoms with E-state index in [-0.39, 0.29) is 22.6 Å². The average Bonchev–Trinajstić information content (AvgIpc) is 2.98. The number of nitro benzene ring substituents is 1. The molecule has 2 heterocycles. The average molecular weight is 366 g/mol. The minimum Gasteiger partial charge on any atom is -0.310 e. The van der Waals surface area contributed by atoms with Crippen LogP contribution < -0.4 is 5.32 Å². The molecule has 4 rings (SSSR count). The first-order chi connectivity index (χ1) is 12.6. The maximum absolute atomic E-state index is 12.2. The number of para-hydroxylation sites is 2. The molecule has 0 unspecified atom stereocenters. The molecule has 1 aliphatic rings. The smallest absolute Gasteiger partial charge is 0.274 e. The van der Waals surface area contributed by atoms with Crippen LogP contribution in [0.1, 0.15) is 16.4 Å². The molecule has 130 valence electrons. The van der Waals surface area contributed by atoms with E-state index in [4.69, 9.17) is 0 Å². The van der Waals surface area contributed by atoms with Gasteiger partial charge in [0.25, 0.3) is 5.69 Å². The van der Waals surface area contributed by atoms with Crippen molar-refractivity contribution in [3.8, 4) is 5.69 Å². The van der Waals surface area contributed by atoms with Gasteiger partial charge in [-0.2, -0.15) is 5.10 Å². The van der Waals surface area contributed by atoms with Gasteiger partial charge in [-0.3, -0.25) is 14.9 Å². The molecule has 0 saturated heterocycles. The lowest BCUT2D eigenvalue weighted by Gasteiger charge is -2.14. The normalized spacial score (nSPS) is 16.5. The number of thioether (sulfide) groups is 1. The number of anilines is 1. The zero-order valence-corrected chi connectivity index (χ0v) is 14.3. The van der Waals surface area contributed by atoms with Crippen LogP contribution in [0, 0.1) is 10.1 Å². The van der Waals surface area contributed by atoms with Crippen LogP contribution in [0.4, 0.5) is 11.5 Å². The second kappa shape index (κ2) is 6.64. The molecule has 1 N–H and O–H groups in total. The van der Waals surface area contributed by atoms with Crippen molar-refractivity contribution in [2.24, 2.45) is 0 Å². The highest BCUT2D eigenvalue weighted by atomic mass is 32.2. The minimum atomic E-state index is -0.392. The molecule has 1 atom stereocenters. The number of carbonyl (C=O) groups is 1. The Bertz CT molecular complexity index is 987. The first-order valence-corrected chi connectivity index (χ1v) is 8.98. The lowest BCUT2D eigenvalue weighted by Crippen LogP contribution is -2.15. The fourth-order valence-electron chi connectivity index (χ4n) is 2.99. The molecule has 3 aromatic rings. The van der Waals surface area contributed by atoms with E-state index in [2.05, 4.69) is 10.4 Å². The highest BCUT2D eigenvalue weighted by molar-refractivity contribution is 8.00. The van der Waals surface area contributed by atoms with E-state index >= 15 is 0 Å². The molecule has 8 heteroatoms. The van der Waals surface area contributed by atoms with Crippen LogP contribution in [0.15, 0.2) is 60.8 Å². The molecular formula is C18H14N4O3S. The van der Waals surface area contributed by atoms with Gasteiger partial charge in [-0.25, -0.2) is 4.68 Å². The summed E-state index contributed by atoms with van der Waals surface area (Å²) in [7, 11) is 0. The van der Waals surface area contributed by atoms with Crippen molar-refractivity contribution in [1.82, 2.24) is 9.78 Å². The number of benzene rings is 2. The van der Waals surface area contributed by atoms with Crippen molar-refractivity contribution in [2.75, 3.05) is 11.1 Å². The molecule has 0 aliphatic carbocycles. The van der Waals surface area contributed by atoms with Gasteiger partial charge < -0.3 is 5.32 Å². The first kappa shape index (κ1) is 16.3. The molecule has 1 aromatic heterocycles. The number of aromatic nitrogens is 2. The summed E-state index contributed by atoms with van der Waals surface area (Å²) in [6.07, 6.45) is 1.67. The number of hydrogen-bond donors (Lipinski definition) is 1. The molecule has 2 aromatic carbocycles. The summed E-state index contributed by atoms with van der Waals surface area (Å²) in [5.41, 5.74) is 2.16. The van der Waals surface area contributed by atoms with E-state index in [1.807, 2.05) is 30.3 Å². The van der Waals surface area contributed by atoms with Gasteiger partial charge >= 0.3 is 0 Å². The maximum Gasteiger partial charge on any atom is 0.274 e. The third-order valence-corrected chi connectivity index (χ3v) is 5.41. The predicted octanol–water partition coefficient (Wildman–Crippen LogP) is 3.56. The van der Waals surface area contributed by atoms with E-state index in [0.717, 1.165) is 11.3 Å². The van der Waals surface area contributed by atoms with Crippen LogP contribution in [-0.2, 0) is 4.79 Å². The number of amides is 1. The van der Waals surface area contributed by atoms with E-state index in [0.29, 0.717) is 11.4 Å². The summed E-state index contributed by atoms with van der Waals surface area (Å²) in [4.78, 5) is 23.3. The second-order valence-electron chi connectivity index (χ2n) is 5.75. The van der Waals surface area contributed by atoms with Gasteiger partial charge in [0.05, 0.1) is 27.8 Å². The summed E-state index contributed by atoms with van der Waals surface area (Å²) in [5.74, 6) is 0.601. The van der Waals surface area contributed by atoms with Gasteiger partial charge in [-0.1, -0.05) is 36.4 Å². The van der Waals surface area contributed by atoms with Crippen molar-refractivity contribution >= 4 is 29.2 Å². The number of nitrogens with one attached hydrogen (secondary N) is 1. The van der Waals surface area contributed by atoms with E-state index in [1.165, 1.54) is 17.8 Å². The topological polar surface area (TPSA) is 90.1 Å². The minimum absolute atomic E-state index is 0.0396. The molecule has 1 amide bonds. The van der Waals surface area contributed by atoms with E-state index < -0.39 is 4.92 Å². The summed E-state index contributed by atoms with van der Waals surface area (Å²) in [5, 5.41) is 18.4. The molecule has 0 spiro atoms. The Morgan fingerprint density at radius 1 is 1.12 bits per heavy atom. The Morgan fingerprint density at radius 2 is 1.85 bits per heavy atom. The van der Waals surface area contributed by atoms with Gasteiger partial charge in [0, 0.05) is 17.2 Å². The largest absolute Gasteiger partial charge is 0.310 e.